The highest BCUT2D eigenvalue weighted by molar-refractivity contribution is 5.73. The number of hydrogen-bond donors (Lipinski definition) is 2. The number of aliphatic hydroxyl groups excluding tert-OH is 1. The van der Waals surface area contributed by atoms with Gasteiger partial charge in [-0.25, -0.2) is 0 Å². The van der Waals surface area contributed by atoms with Gasteiger partial charge in [-0.1, -0.05) is 0 Å². The first kappa shape index (κ1) is 10.9. The van der Waals surface area contributed by atoms with Crippen molar-refractivity contribution in [2.24, 2.45) is 0 Å². The van der Waals surface area contributed by atoms with Gasteiger partial charge >= 0.3 is 0 Å². The van der Waals surface area contributed by atoms with Crippen molar-refractivity contribution < 1.29 is 15.0 Å². The van der Waals surface area contributed by atoms with Crippen molar-refractivity contribution in [1.29, 1.82) is 0 Å². The Morgan fingerprint density at radius 3 is 2.79 bits per heavy atom. The molecule has 5 nitrogen and oxygen atoms in total. The van der Waals surface area contributed by atoms with Gasteiger partial charge in [0.05, 0.1) is 23.9 Å². The summed E-state index contributed by atoms with van der Waals surface area (Å²) in [5.41, 5.74) is -0.722. The Morgan fingerprint density at radius 2 is 2.36 bits per heavy atom. The second kappa shape index (κ2) is 3.89. The fourth-order valence-corrected chi connectivity index (χ4v) is 0.941. The first-order valence-corrected chi connectivity index (χ1v) is 4.31. The quantitative estimate of drug-likeness (QED) is 0.658. The lowest BCUT2D eigenvalue weighted by Crippen LogP contribution is -2.39. The Bertz CT molecular complexity index is 314. The smallest absolute Gasteiger partial charge is 0.153 e. The van der Waals surface area contributed by atoms with Crippen LogP contribution in [0.5, 0.6) is 0 Å². The Balaban J connectivity index is 2.65. The third-order valence-electron chi connectivity index (χ3n) is 1.96. The number of hydrogen-bond acceptors (Lipinski definition) is 4. The molecule has 1 atom stereocenters. The Labute approximate surface area is 82.0 Å². The first-order valence-electron chi connectivity index (χ1n) is 4.31. The Kier molecular flexibility index (Phi) is 3.03. The highest BCUT2D eigenvalue weighted by Crippen LogP contribution is 2.10. The number of aldehydes is 1. The van der Waals surface area contributed by atoms with Crippen molar-refractivity contribution in [2.75, 3.05) is 0 Å². The fourth-order valence-electron chi connectivity index (χ4n) is 0.941. The highest BCUT2D eigenvalue weighted by Gasteiger charge is 2.24. The maximum atomic E-state index is 10.3. The molecule has 0 aliphatic heterocycles. The Morgan fingerprint density at radius 1 is 1.71 bits per heavy atom. The van der Waals surface area contributed by atoms with E-state index in [0.29, 0.717) is 11.8 Å². The van der Waals surface area contributed by atoms with E-state index in [1.165, 1.54) is 30.9 Å². The van der Waals surface area contributed by atoms with Crippen molar-refractivity contribution in [1.82, 2.24) is 9.78 Å². The lowest BCUT2D eigenvalue weighted by atomic mass is 10.0. The molecule has 0 aliphatic carbocycles. The zero-order valence-electron chi connectivity index (χ0n) is 8.21. The molecule has 0 radical (unpaired) electrons. The molecule has 0 amide bonds. The van der Waals surface area contributed by atoms with E-state index in [4.69, 9.17) is 0 Å². The van der Waals surface area contributed by atoms with Crippen molar-refractivity contribution in [3.05, 3.63) is 18.0 Å². The van der Waals surface area contributed by atoms with E-state index in [1.807, 2.05) is 0 Å². The van der Waals surface area contributed by atoms with Gasteiger partial charge in [-0.05, 0) is 13.8 Å². The molecule has 0 aliphatic rings. The summed E-state index contributed by atoms with van der Waals surface area (Å²) in [7, 11) is 0. The molecular weight excluding hydrogens is 184 g/mol. The second-order valence-electron chi connectivity index (χ2n) is 3.78. The Hall–Kier alpha value is -1.20. The van der Waals surface area contributed by atoms with Crippen LogP contribution in [0.4, 0.5) is 0 Å². The van der Waals surface area contributed by atoms with E-state index in [0.717, 1.165) is 0 Å². The van der Waals surface area contributed by atoms with Gasteiger partial charge in [-0.2, -0.15) is 5.10 Å². The maximum absolute atomic E-state index is 10.3. The molecule has 0 saturated carbocycles. The average molecular weight is 198 g/mol. The summed E-state index contributed by atoms with van der Waals surface area (Å²) in [4.78, 5) is 10.3. The van der Waals surface area contributed by atoms with Crippen LogP contribution in [0.15, 0.2) is 12.4 Å². The lowest BCUT2D eigenvalue weighted by Gasteiger charge is -2.24. The highest BCUT2D eigenvalue weighted by atomic mass is 16.3. The molecule has 1 aromatic heterocycles. The van der Waals surface area contributed by atoms with Crippen LogP contribution < -0.4 is 0 Å². The molecule has 0 bridgehead atoms. The summed E-state index contributed by atoms with van der Waals surface area (Å²) in [6.45, 7) is 3.20. The zero-order chi connectivity index (χ0) is 10.8. The van der Waals surface area contributed by atoms with E-state index in [9.17, 15) is 15.0 Å². The molecule has 2 N–H and O–H groups in total. The summed E-state index contributed by atoms with van der Waals surface area (Å²) in [6.07, 6.45) is 2.69. The van der Waals surface area contributed by atoms with E-state index >= 15 is 0 Å². The molecular formula is C9H14N2O3. The number of aromatic nitrogens is 2. The van der Waals surface area contributed by atoms with Gasteiger partial charge in [0, 0.05) is 6.20 Å². The molecule has 0 spiro atoms. The number of aliphatic hydroxyl groups is 2. The molecule has 0 saturated heterocycles. The van der Waals surface area contributed by atoms with Gasteiger partial charge in [-0.3, -0.25) is 9.48 Å². The van der Waals surface area contributed by atoms with E-state index in [2.05, 4.69) is 5.10 Å². The normalized spacial score (nSPS) is 14.0. The van der Waals surface area contributed by atoms with Crippen LogP contribution in [0, 0.1) is 0 Å². The van der Waals surface area contributed by atoms with E-state index in [1.54, 1.807) is 0 Å². The second-order valence-corrected chi connectivity index (χ2v) is 3.78. The van der Waals surface area contributed by atoms with Crippen LogP contribution in [0.25, 0.3) is 0 Å². The number of nitrogens with zero attached hydrogens (tertiary/aromatic N) is 2. The summed E-state index contributed by atoms with van der Waals surface area (Å²) >= 11 is 0. The monoisotopic (exact) mass is 198 g/mol. The average Bonchev–Trinajstić information content (AvgIpc) is 2.50. The fraction of sp³-hybridized carbons (Fsp3) is 0.556. The molecule has 0 fully saturated rings. The van der Waals surface area contributed by atoms with Crippen LogP contribution in [0.2, 0.25) is 0 Å². The summed E-state index contributed by atoms with van der Waals surface area (Å²) in [5.74, 6) is 0. The molecule has 1 aromatic rings. The van der Waals surface area contributed by atoms with Gasteiger partial charge in [0.15, 0.2) is 6.29 Å². The van der Waals surface area contributed by atoms with Gasteiger partial charge in [0.1, 0.15) is 6.10 Å². The van der Waals surface area contributed by atoms with E-state index in [-0.39, 0.29) is 6.54 Å². The minimum atomic E-state index is -1.17. The van der Waals surface area contributed by atoms with Gasteiger partial charge in [0.25, 0.3) is 0 Å². The predicted molar refractivity (Wildman–Crippen MR) is 49.9 cm³/mol. The molecule has 5 heteroatoms. The summed E-state index contributed by atoms with van der Waals surface area (Å²) < 4.78 is 1.42. The van der Waals surface area contributed by atoms with Crippen molar-refractivity contribution in [2.45, 2.75) is 32.1 Å². The van der Waals surface area contributed by atoms with Crippen molar-refractivity contribution in [3.63, 3.8) is 0 Å². The standard InChI is InChI=1S/C9H14N2O3/c1-9(2,14)8(13)5-11-4-7(6-12)3-10-11/h3-4,6,8,13-14H,5H2,1-2H3/t8-/m0/s1. The molecule has 78 valence electrons. The van der Waals surface area contributed by atoms with Crippen LogP contribution in [0.3, 0.4) is 0 Å². The minimum Gasteiger partial charge on any atom is -0.388 e. The predicted octanol–water partition coefficient (Wildman–Crippen LogP) is -0.173. The van der Waals surface area contributed by atoms with Gasteiger partial charge in [-0.15, -0.1) is 0 Å². The van der Waals surface area contributed by atoms with Gasteiger partial charge in [0.2, 0.25) is 0 Å². The largest absolute Gasteiger partial charge is 0.388 e. The third kappa shape index (κ3) is 2.65. The minimum absolute atomic E-state index is 0.164. The summed E-state index contributed by atoms with van der Waals surface area (Å²) in [6, 6.07) is 0. The first-order chi connectivity index (χ1) is 6.43. The lowest BCUT2D eigenvalue weighted by molar-refractivity contribution is -0.0566. The molecule has 1 rings (SSSR count). The van der Waals surface area contributed by atoms with Crippen LogP contribution in [-0.4, -0.2) is 38.0 Å². The number of carbonyl (C=O) groups excluding carboxylic acids is 1. The molecule has 14 heavy (non-hydrogen) atoms. The van der Waals surface area contributed by atoms with Crippen LogP contribution >= 0.6 is 0 Å². The third-order valence-corrected chi connectivity index (χ3v) is 1.96. The number of carbonyl (C=O) groups is 1. The summed E-state index contributed by atoms with van der Waals surface area (Å²) in [5, 5.41) is 22.8. The van der Waals surface area contributed by atoms with Crippen LogP contribution in [-0.2, 0) is 6.54 Å². The molecule has 0 unspecified atom stereocenters. The molecule has 1 heterocycles. The van der Waals surface area contributed by atoms with Crippen molar-refractivity contribution in [3.8, 4) is 0 Å². The number of rotatable bonds is 4. The zero-order valence-corrected chi connectivity index (χ0v) is 8.21. The van der Waals surface area contributed by atoms with Crippen molar-refractivity contribution >= 4 is 6.29 Å². The van der Waals surface area contributed by atoms with Gasteiger partial charge < -0.3 is 10.2 Å². The molecule has 0 aromatic carbocycles. The van der Waals surface area contributed by atoms with Crippen LogP contribution in [0.1, 0.15) is 24.2 Å². The maximum Gasteiger partial charge on any atom is 0.153 e. The SMILES string of the molecule is CC(C)(O)[C@@H](O)Cn1cc(C=O)cn1. The topological polar surface area (TPSA) is 75.3 Å². The van der Waals surface area contributed by atoms with E-state index < -0.39 is 11.7 Å².